The Morgan fingerprint density at radius 3 is 2.47 bits per heavy atom. The number of esters is 1. The Morgan fingerprint density at radius 1 is 1.16 bits per heavy atom. The lowest BCUT2D eigenvalue weighted by atomic mass is 10.2. The minimum absolute atomic E-state index is 0.346. The number of hydrogen-bond donors (Lipinski definition) is 0. The third kappa shape index (κ3) is 3.51. The van der Waals surface area contributed by atoms with E-state index in [0.29, 0.717) is 5.56 Å². The summed E-state index contributed by atoms with van der Waals surface area (Å²) in [5, 5.41) is 0. The van der Waals surface area contributed by atoms with Gasteiger partial charge in [-0.25, -0.2) is 4.79 Å². The Labute approximate surface area is 120 Å². The van der Waals surface area contributed by atoms with Crippen LogP contribution >= 0.6 is 15.9 Å². The number of hydrogen-bond acceptors (Lipinski definition) is 3. The Morgan fingerprint density at radius 2 is 1.84 bits per heavy atom. The monoisotopic (exact) mass is 317 g/mol. The maximum Gasteiger partial charge on any atom is 0.337 e. The quantitative estimate of drug-likeness (QED) is 0.634. The molecule has 0 aliphatic heterocycles. The molecule has 0 bridgehead atoms. The molecular formula is C15H12BrNO2. The molecule has 0 unspecified atom stereocenters. The highest BCUT2D eigenvalue weighted by atomic mass is 79.9. The van der Waals surface area contributed by atoms with Crippen molar-refractivity contribution in [1.29, 1.82) is 0 Å². The highest BCUT2D eigenvalue weighted by Crippen LogP contribution is 2.17. The van der Waals surface area contributed by atoms with Crippen molar-refractivity contribution in [3.63, 3.8) is 0 Å². The minimum atomic E-state index is -0.346. The van der Waals surface area contributed by atoms with Crippen LogP contribution in [0.1, 0.15) is 15.9 Å². The molecule has 96 valence electrons. The van der Waals surface area contributed by atoms with E-state index < -0.39 is 0 Å². The molecule has 0 saturated heterocycles. The zero-order chi connectivity index (χ0) is 13.7. The van der Waals surface area contributed by atoms with Crippen molar-refractivity contribution < 1.29 is 9.53 Å². The molecule has 4 heteroatoms. The molecule has 0 spiro atoms. The molecule has 0 N–H and O–H groups in total. The molecule has 0 saturated carbocycles. The van der Waals surface area contributed by atoms with Crippen LogP contribution in [-0.4, -0.2) is 19.3 Å². The number of aliphatic imine (C=N–C) groups is 1. The van der Waals surface area contributed by atoms with Gasteiger partial charge < -0.3 is 4.74 Å². The third-order valence-electron chi connectivity index (χ3n) is 2.55. The van der Waals surface area contributed by atoms with Gasteiger partial charge in [-0.05, 0) is 30.3 Å². The van der Waals surface area contributed by atoms with Crippen LogP contribution in [0.15, 0.2) is 58.0 Å². The van der Waals surface area contributed by atoms with Gasteiger partial charge in [-0.1, -0.05) is 34.1 Å². The van der Waals surface area contributed by atoms with Crippen molar-refractivity contribution in [2.24, 2.45) is 4.99 Å². The molecule has 0 aromatic heterocycles. The summed E-state index contributed by atoms with van der Waals surface area (Å²) in [4.78, 5) is 15.6. The number of carbonyl (C=O) groups excluding carboxylic acids is 1. The molecule has 2 aromatic carbocycles. The fraction of sp³-hybridized carbons (Fsp3) is 0.0667. The molecule has 0 radical (unpaired) electrons. The summed E-state index contributed by atoms with van der Waals surface area (Å²) in [6.07, 6.45) is 1.78. The van der Waals surface area contributed by atoms with Crippen LogP contribution in [0, 0.1) is 0 Å². The second-order valence-corrected chi connectivity index (χ2v) is 4.67. The Bertz CT molecular complexity index is 606. The van der Waals surface area contributed by atoms with Crippen molar-refractivity contribution in [3.8, 4) is 0 Å². The highest BCUT2D eigenvalue weighted by molar-refractivity contribution is 9.10. The Hall–Kier alpha value is -1.94. The average molecular weight is 318 g/mol. The summed E-state index contributed by atoms with van der Waals surface area (Å²) >= 11 is 3.46. The molecule has 0 aliphatic rings. The molecule has 3 nitrogen and oxygen atoms in total. The first-order chi connectivity index (χ1) is 9.20. The molecule has 0 aliphatic carbocycles. The normalized spacial score (nSPS) is 10.6. The minimum Gasteiger partial charge on any atom is -0.465 e. The number of carbonyl (C=O) groups is 1. The molecule has 19 heavy (non-hydrogen) atoms. The van der Waals surface area contributed by atoms with Crippen molar-refractivity contribution >= 4 is 33.8 Å². The standard InChI is InChI=1S/C15H12BrNO2/c1-19-15(18)11-6-8-13(9-7-11)17-10-12-4-2-3-5-14(12)16/h2-10H,1H3. The number of ether oxygens (including phenoxy) is 1. The predicted molar refractivity (Wildman–Crippen MR) is 79.2 cm³/mol. The van der Waals surface area contributed by atoms with Crippen LogP contribution in [0.25, 0.3) is 0 Å². The lowest BCUT2D eigenvalue weighted by Gasteiger charge is -2.00. The van der Waals surface area contributed by atoms with Crippen molar-refractivity contribution in [3.05, 3.63) is 64.1 Å². The predicted octanol–water partition coefficient (Wildman–Crippen LogP) is 3.99. The van der Waals surface area contributed by atoms with Crippen LogP contribution < -0.4 is 0 Å². The lowest BCUT2D eigenvalue weighted by molar-refractivity contribution is 0.0601. The molecule has 2 rings (SSSR count). The van der Waals surface area contributed by atoms with Gasteiger partial charge in [0.2, 0.25) is 0 Å². The van der Waals surface area contributed by atoms with Gasteiger partial charge >= 0.3 is 5.97 Å². The van der Waals surface area contributed by atoms with E-state index in [2.05, 4.69) is 25.7 Å². The van der Waals surface area contributed by atoms with Gasteiger partial charge in [-0.2, -0.15) is 0 Å². The van der Waals surface area contributed by atoms with Gasteiger partial charge in [0, 0.05) is 16.3 Å². The average Bonchev–Trinajstić information content (AvgIpc) is 2.46. The van der Waals surface area contributed by atoms with E-state index in [9.17, 15) is 4.79 Å². The molecule has 2 aromatic rings. The summed E-state index contributed by atoms with van der Waals surface area (Å²) in [5.41, 5.74) is 2.30. The first kappa shape index (κ1) is 13.5. The molecule has 0 amide bonds. The van der Waals surface area contributed by atoms with E-state index in [1.165, 1.54) is 7.11 Å². The van der Waals surface area contributed by atoms with Gasteiger partial charge in [0.1, 0.15) is 0 Å². The fourth-order valence-electron chi connectivity index (χ4n) is 1.53. The van der Waals surface area contributed by atoms with E-state index >= 15 is 0 Å². The molecular weight excluding hydrogens is 306 g/mol. The van der Waals surface area contributed by atoms with Gasteiger partial charge in [0.05, 0.1) is 18.4 Å². The number of rotatable bonds is 3. The van der Waals surface area contributed by atoms with Crippen LogP contribution in [0.3, 0.4) is 0 Å². The van der Waals surface area contributed by atoms with Crippen molar-refractivity contribution in [2.45, 2.75) is 0 Å². The number of halogens is 1. The number of benzene rings is 2. The largest absolute Gasteiger partial charge is 0.465 e. The Balaban J connectivity index is 2.16. The van der Waals surface area contributed by atoms with E-state index in [1.807, 2.05) is 24.3 Å². The second-order valence-electron chi connectivity index (χ2n) is 3.82. The zero-order valence-electron chi connectivity index (χ0n) is 10.3. The van der Waals surface area contributed by atoms with Crippen LogP contribution in [0.4, 0.5) is 5.69 Å². The van der Waals surface area contributed by atoms with Crippen LogP contribution in [0.5, 0.6) is 0 Å². The number of nitrogens with zero attached hydrogens (tertiary/aromatic N) is 1. The third-order valence-corrected chi connectivity index (χ3v) is 3.27. The van der Waals surface area contributed by atoms with Crippen LogP contribution in [-0.2, 0) is 4.74 Å². The first-order valence-corrected chi connectivity index (χ1v) is 6.47. The SMILES string of the molecule is COC(=O)c1ccc(N=Cc2ccccc2Br)cc1. The van der Waals surface area contributed by atoms with Gasteiger partial charge in [-0.15, -0.1) is 0 Å². The molecule has 0 heterocycles. The second kappa shape index (κ2) is 6.29. The van der Waals surface area contributed by atoms with E-state index in [4.69, 9.17) is 0 Å². The zero-order valence-corrected chi connectivity index (χ0v) is 11.9. The van der Waals surface area contributed by atoms with E-state index in [0.717, 1.165) is 15.7 Å². The van der Waals surface area contributed by atoms with Crippen molar-refractivity contribution in [1.82, 2.24) is 0 Å². The summed E-state index contributed by atoms with van der Waals surface area (Å²) in [7, 11) is 1.36. The fourth-order valence-corrected chi connectivity index (χ4v) is 1.91. The molecule has 0 fully saturated rings. The van der Waals surface area contributed by atoms with Gasteiger partial charge in [0.15, 0.2) is 0 Å². The summed E-state index contributed by atoms with van der Waals surface area (Å²) in [6.45, 7) is 0. The first-order valence-electron chi connectivity index (χ1n) is 5.67. The summed E-state index contributed by atoms with van der Waals surface area (Å²) < 4.78 is 5.63. The topological polar surface area (TPSA) is 38.7 Å². The van der Waals surface area contributed by atoms with E-state index in [1.54, 1.807) is 30.5 Å². The van der Waals surface area contributed by atoms with Gasteiger partial charge in [-0.3, -0.25) is 4.99 Å². The molecule has 0 atom stereocenters. The summed E-state index contributed by atoms with van der Waals surface area (Å²) in [5.74, 6) is -0.346. The lowest BCUT2D eigenvalue weighted by Crippen LogP contribution is -1.99. The Kier molecular flexibility index (Phi) is 4.47. The van der Waals surface area contributed by atoms with Crippen LogP contribution in [0.2, 0.25) is 0 Å². The van der Waals surface area contributed by atoms with E-state index in [-0.39, 0.29) is 5.97 Å². The number of methoxy groups -OCH3 is 1. The van der Waals surface area contributed by atoms with Gasteiger partial charge in [0.25, 0.3) is 0 Å². The smallest absolute Gasteiger partial charge is 0.337 e. The summed E-state index contributed by atoms with van der Waals surface area (Å²) in [6, 6.07) is 14.8. The highest BCUT2D eigenvalue weighted by Gasteiger charge is 2.03. The maximum atomic E-state index is 11.3. The van der Waals surface area contributed by atoms with Crippen molar-refractivity contribution in [2.75, 3.05) is 7.11 Å². The maximum absolute atomic E-state index is 11.3.